The van der Waals surface area contributed by atoms with Crippen molar-refractivity contribution in [3.8, 4) is 5.75 Å². The number of hydrogen-bond acceptors (Lipinski definition) is 2. The SMILES string of the molecule is O=C1Nc2ccc(CCCl)cc2C1C1C(Cc2ccc3ccccc3c2O)=Cc2ccccc21. The van der Waals surface area contributed by atoms with Crippen LogP contribution in [0.2, 0.25) is 0 Å². The third kappa shape index (κ3) is 3.39. The summed E-state index contributed by atoms with van der Waals surface area (Å²) in [5.41, 5.74) is 7.36. The van der Waals surface area contributed by atoms with Crippen molar-refractivity contribution < 1.29 is 9.90 Å². The number of halogens is 1. The smallest absolute Gasteiger partial charge is 0.232 e. The van der Waals surface area contributed by atoms with Gasteiger partial charge < -0.3 is 10.4 Å². The van der Waals surface area contributed by atoms with E-state index in [1.807, 2.05) is 54.6 Å². The summed E-state index contributed by atoms with van der Waals surface area (Å²) in [6.45, 7) is 0. The fraction of sp³-hybridized carbons (Fsp3) is 0.167. The Labute approximate surface area is 203 Å². The zero-order valence-electron chi connectivity index (χ0n) is 18.6. The number of fused-ring (bicyclic) bond motifs is 3. The van der Waals surface area contributed by atoms with E-state index in [2.05, 4.69) is 35.7 Å². The topological polar surface area (TPSA) is 49.3 Å². The lowest BCUT2D eigenvalue weighted by Crippen LogP contribution is -2.20. The normalized spacial score (nSPS) is 18.5. The van der Waals surface area contributed by atoms with E-state index in [-0.39, 0.29) is 17.7 Å². The number of hydrogen-bond donors (Lipinski definition) is 2. The quantitative estimate of drug-likeness (QED) is 0.319. The number of phenolic OH excluding ortho intramolecular Hbond substituents is 1. The Morgan fingerprint density at radius 3 is 2.59 bits per heavy atom. The molecule has 1 heterocycles. The number of phenols is 1. The predicted molar refractivity (Wildman–Crippen MR) is 139 cm³/mol. The lowest BCUT2D eigenvalue weighted by atomic mass is 9.78. The third-order valence-corrected chi connectivity index (χ3v) is 7.35. The Bertz CT molecular complexity index is 1470. The Morgan fingerprint density at radius 2 is 1.71 bits per heavy atom. The lowest BCUT2D eigenvalue weighted by Gasteiger charge is -2.23. The molecule has 1 aliphatic heterocycles. The molecule has 0 saturated heterocycles. The molecule has 1 aliphatic carbocycles. The van der Waals surface area contributed by atoms with Gasteiger partial charge >= 0.3 is 0 Å². The molecule has 3 nitrogen and oxygen atoms in total. The van der Waals surface area contributed by atoms with Crippen molar-refractivity contribution in [3.63, 3.8) is 0 Å². The van der Waals surface area contributed by atoms with Gasteiger partial charge in [-0.3, -0.25) is 4.79 Å². The summed E-state index contributed by atoms with van der Waals surface area (Å²) < 4.78 is 0. The standard InChI is InChI=1S/C30H24ClNO2/c31-14-13-18-9-12-26-25(15-18)28(30(34)32-26)27-22(16-20-6-2-3-7-23(20)27)17-21-11-10-19-5-1-4-8-24(19)29(21)33/h1-12,15-16,27-28,33H,13-14,17H2,(H,32,34). The van der Waals surface area contributed by atoms with E-state index in [9.17, 15) is 9.90 Å². The minimum absolute atomic E-state index is 0.0216. The maximum Gasteiger partial charge on any atom is 0.232 e. The molecule has 4 aromatic rings. The first-order chi connectivity index (χ1) is 16.6. The Balaban J connectivity index is 1.44. The molecule has 4 aromatic carbocycles. The van der Waals surface area contributed by atoms with Crippen molar-refractivity contribution in [1.29, 1.82) is 0 Å². The Kier molecular flexibility index (Phi) is 5.15. The van der Waals surface area contributed by atoms with Gasteiger partial charge in [-0.2, -0.15) is 0 Å². The largest absolute Gasteiger partial charge is 0.507 e. The first kappa shape index (κ1) is 21.0. The van der Waals surface area contributed by atoms with Gasteiger partial charge in [-0.25, -0.2) is 0 Å². The predicted octanol–water partition coefficient (Wildman–Crippen LogP) is 6.79. The van der Waals surface area contributed by atoms with Crippen LogP contribution in [0, 0.1) is 0 Å². The van der Waals surface area contributed by atoms with Crippen LogP contribution < -0.4 is 5.32 Å². The lowest BCUT2D eigenvalue weighted by molar-refractivity contribution is -0.117. The maximum atomic E-state index is 13.3. The molecule has 2 unspecified atom stereocenters. The van der Waals surface area contributed by atoms with Crippen LogP contribution in [0.5, 0.6) is 5.75 Å². The molecule has 2 N–H and O–H groups in total. The fourth-order valence-corrected chi connectivity index (χ4v) is 5.78. The van der Waals surface area contributed by atoms with Gasteiger partial charge in [-0.05, 0) is 52.1 Å². The molecule has 34 heavy (non-hydrogen) atoms. The average Bonchev–Trinajstić information content (AvgIpc) is 3.36. The minimum atomic E-state index is -0.317. The summed E-state index contributed by atoms with van der Waals surface area (Å²) in [5.74, 6) is 0.476. The van der Waals surface area contributed by atoms with Gasteiger partial charge in [0.1, 0.15) is 5.75 Å². The molecule has 0 radical (unpaired) electrons. The van der Waals surface area contributed by atoms with E-state index in [0.29, 0.717) is 18.1 Å². The number of benzene rings is 4. The van der Waals surface area contributed by atoms with Gasteiger partial charge in [0.15, 0.2) is 0 Å². The Hall–Kier alpha value is -3.56. The summed E-state index contributed by atoms with van der Waals surface area (Å²) in [5, 5.41) is 16.0. The van der Waals surface area contributed by atoms with Gasteiger partial charge in [-0.1, -0.05) is 84.4 Å². The molecule has 0 fully saturated rings. The molecule has 1 amide bonds. The second-order valence-corrected chi connectivity index (χ2v) is 9.50. The second-order valence-electron chi connectivity index (χ2n) is 9.12. The summed E-state index contributed by atoms with van der Waals surface area (Å²) in [6.07, 6.45) is 3.55. The summed E-state index contributed by atoms with van der Waals surface area (Å²) in [4.78, 5) is 13.3. The number of rotatable bonds is 5. The summed E-state index contributed by atoms with van der Waals surface area (Å²) >= 11 is 6.00. The van der Waals surface area contributed by atoms with Gasteiger partial charge in [0.25, 0.3) is 0 Å². The molecule has 0 saturated carbocycles. The molecule has 2 atom stereocenters. The molecular weight excluding hydrogens is 442 g/mol. The average molecular weight is 466 g/mol. The highest BCUT2D eigenvalue weighted by Crippen LogP contribution is 2.51. The highest BCUT2D eigenvalue weighted by atomic mass is 35.5. The number of nitrogens with one attached hydrogen (secondary N) is 1. The van der Waals surface area contributed by atoms with Crippen molar-refractivity contribution >= 4 is 40.0 Å². The first-order valence-electron chi connectivity index (χ1n) is 11.6. The Morgan fingerprint density at radius 1 is 0.882 bits per heavy atom. The number of anilines is 1. The molecule has 6 rings (SSSR count). The van der Waals surface area contributed by atoms with Gasteiger partial charge in [0.05, 0.1) is 5.92 Å². The number of amides is 1. The number of aryl methyl sites for hydroxylation is 1. The monoisotopic (exact) mass is 465 g/mol. The fourth-order valence-electron chi connectivity index (χ4n) is 5.56. The van der Waals surface area contributed by atoms with E-state index in [1.165, 1.54) is 0 Å². The van der Waals surface area contributed by atoms with Gasteiger partial charge in [0, 0.05) is 22.9 Å². The number of carbonyl (C=O) groups excluding carboxylic acids is 1. The van der Waals surface area contributed by atoms with E-state index in [0.717, 1.165) is 56.3 Å². The molecule has 168 valence electrons. The van der Waals surface area contributed by atoms with Crippen molar-refractivity contribution in [2.75, 3.05) is 11.2 Å². The molecule has 4 heteroatoms. The number of allylic oxidation sites excluding steroid dienone is 1. The molecular formula is C30H24ClNO2. The molecule has 2 aliphatic rings. The minimum Gasteiger partial charge on any atom is -0.507 e. The van der Waals surface area contributed by atoms with E-state index >= 15 is 0 Å². The van der Waals surface area contributed by atoms with Crippen LogP contribution in [0.25, 0.3) is 16.8 Å². The van der Waals surface area contributed by atoms with E-state index in [4.69, 9.17) is 11.6 Å². The van der Waals surface area contributed by atoms with Gasteiger partial charge in [0.2, 0.25) is 5.91 Å². The number of alkyl halides is 1. The van der Waals surface area contributed by atoms with Crippen molar-refractivity contribution in [1.82, 2.24) is 0 Å². The van der Waals surface area contributed by atoms with E-state index < -0.39 is 0 Å². The number of aromatic hydroxyl groups is 1. The molecule has 0 spiro atoms. The zero-order valence-corrected chi connectivity index (χ0v) is 19.3. The number of carbonyl (C=O) groups is 1. The highest BCUT2D eigenvalue weighted by molar-refractivity contribution is 6.18. The van der Waals surface area contributed by atoms with Crippen LogP contribution in [0.3, 0.4) is 0 Å². The van der Waals surface area contributed by atoms with E-state index in [1.54, 1.807) is 0 Å². The van der Waals surface area contributed by atoms with Gasteiger partial charge in [-0.15, -0.1) is 11.6 Å². The highest BCUT2D eigenvalue weighted by Gasteiger charge is 2.42. The first-order valence-corrected chi connectivity index (χ1v) is 12.2. The third-order valence-electron chi connectivity index (χ3n) is 7.16. The molecule has 0 aromatic heterocycles. The summed E-state index contributed by atoms with van der Waals surface area (Å²) in [7, 11) is 0. The second kappa shape index (κ2) is 8.34. The molecule has 0 bridgehead atoms. The zero-order chi connectivity index (χ0) is 23.2. The van der Waals surface area contributed by atoms with Crippen LogP contribution in [-0.2, 0) is 17.6 Å². The van der Waals surface area contributed by atoms with Crippen LogP contribution in [0.4, 0.5) is 5.69 Å². The van der Waals surface area contributed by atoms with Crippen LogP contribution in [-0.4, -0.2) is 16.9 Å². The van der Waals surface area contributed by atoms with Crippen molar-refractivity contribution in [3.05, 3.63) is 112 Å². The van der Waals surface area contributed by atoms with Crippen molar-refractivity contribution in [2.45, 2.75) is 24.7 Å². The summed E-state index contributed by atoms with van der Waals surface area (Å²) in [6, 6.07) is 26.4. The van der Waals surface area contributed by atoms with Crippen molar-refractivity contribution in [2.24, 2.45) is 0 Å². The van der Waals surface area contributed by atoms with Crippen LogP contribution in [0.1, 0.15) is 39.7 Å². The van der Waals surface area contributed by atoms with Crippen LogP contribution in [0.15, 0.2) is 84.4 Å². The maximum absolute atomic E-state index is 13.3. The van der Waals surface area contributed by atoms with Crippen LogP contribution >= 0.6 is 11.6 Å².